The first-order valence-electron chi connectivity index (χ1n) is 8.18. The molecule has 0 spiro atoms. The molecule has 0 N–H and O–H groups in total. The van der Waals surface area contributed by atoms with Crippen LogP contribution in [0.1, 0.15) is 18.4 Å². The second-order valence-electron chi connectivity index (χ2n) is 6.53. The molecule has 3 saturated heterocycles. The van der Waals surface area contributed by atoms with Crippen molar-refractivity contribution in [2.45, 2.75) is 25.9 Å². The van der Waals surface area contributed by atoms with Gasteiger partial charge in [0.05, 0.1) is 5.69 Å². The van der Waals surface area contributed by atoms with Gasteiger partial charge >= 0.3 is 0 Å². The van der Waals surface area contributed by atoms with Crippen molar-refractivity contribution in [2.75, 3.05) is 19.6 Å². The van der Waals surface area contributed by atoms with E-state index in [4.69, 9.17) is 4.74 Å². The standard InChI is InChI=1S/C18H20FN3O/c1-12-2-3-14(15(19)10-12)16-4-5-18(21-20-16)23-17-11-22-8-6-13(17)7-9-22/h2-5,10,13,17H,6-9,11H2,1H3. The third-order valence-corrected chi connectivity index (χ3v) is 4.91. The van der Waals surface area contributed by atoms with Gasteiger partial charge in [-0.25, -0.2) is 4.39 Å². The summed E-state index contributed by atoms with van der Waals surface area (Å²) in [4.78, 5) is 2.44. The van der Waals surface area contributed by atoms with E-state index in [9.17, 15) is 4.39 Å². The van der Waals surface area contributed by atoms with E-state index in [0.717, 1.165) is 12.1 Å². The zero-order valence-corrected chi connectivity index (χ0v) is 13.2. The second-order valence-corrected chi connectivity index (χ2v) is 6.53. The van der Waals surface area contributed by atoms with Crippen LogP contribution in [-0.4, -0.2) is 40.8 Å². The van der Waals surface area contributed by atoms with Crippen molar-refractivity contribution in [1.82, 2.24) is 15.1 Å². The molecule has 2 bridgehead atoms. The molecule has 0 amide bonds. The first-order valence-corrected chi connectivity index (χ1v) is 8.18. The van der Waals surface area contributed by atoms with Crippen LogP contribution in [0, 0.1) is 18.7 Å². The smallest absolute Gasteiger partial charge is 0.233 e. The third-order valence-electron chi connectivity index (χ3n) is 4.91. The highest BCUT2D eigenvalue weighted by atomic mass is 19.1. The number of rotatable bonds is 3. The molecule has 23 heavy (non-hydrogen) atoms. The molecule has 1 aromatic carbocycles. The van der Waals surface area contributed by atoms with Crippen LogP contribution >= 0.6 is 0 Å². The molecule has 3 fully saturated rings. The average molecular weight is 313 g/mol. The van der Waals surface area contributed by atoms with Gasteiger partial charge in [-0.15, -0.1) is 10.2 Å². The summed E-state index contributed by atoms with van der Waals surface area (Å²) in [6.07, 6.45) is 2.60. The Morgan fingerprint density at radius 2 is 1.96 bits per heavy atom. The quantitative estimate of drug-likeness (QED) is 0.873. The van der Waals surface area contributed by atoms with Crippen molar-refractivity contribution in [3.05, 3.63) is 41.7 Å². The summed E-state index contributed by atoms with van der Waals surface area (Å²) >= 11 is 0. The first-order chi connectivity index (χ1) is 11.2. The van der Waals surface area contributed by atoms with Crippen LogP contribution in [-0.2, 0) is 0 Å². The zero-order chi connectivity index (χ0) is 15.8. The van der Waals surface area contributed by atoms with E-state index in [0.29, 0.717) is 23.1 Å². The largest absolute Gasteiger partial charge is 0.472 e. The van der Waals surface area contributed by atoms with Crippen molar-refractivity contribution in [3.63, 3.8) is 0 Å². The highest BCUT2D eigenvalue weighted by Gasteiger charge is 2.35. The maximum Gasteiger partial charge on any atom is 0.233 e. The summed E-state index contributed by atoms with van der Waals surface area (Å²) in [7, 11) is 0. The lowest BCUT2D eigenvalue weighted by atomic mass is 9.86. The monoisotopic (exact) mass is 313 g/mol. The summed E-state index contributed by atoms with van der Waals surface area (Å²) in [6.45, 7) is 5.20. The maximum absolute atomic E-state index is 14.0. The van der Waals surface area contributed by atoms with Gasteiger partial charge in [0, 0.05) is 18.2 Å². The normalized spacial score (nSPS) is 26.3. The number of fused-ring (bicyclic) bond motifs is 3. The molecule has 1 atom stereocenters. The lowest BCUT2D eigenvalue weighted by molar-refractivity contribution is -0.0103. The molecule has 3 aliphatic rings. The Bertz CT molecular complexity index is 696. The highest BCUT2D eigenvalue weighted by Crippen LogP contribution is 2.30. The van der Waals surface area contributed by atoms with Gasteiger partial charge in [-0.1, -0.05) is 6.07 Å². The number of hydrogen-bond acceptors (Lipinski definition) is 4. The van der Waals surface area contributed by atoms with Gasteiger partial charge in [-0.3, -0.25) is 4.90 Å². The van der Waals surface area contributed by atoms with Gasteiger partial charge in [0.2, 0.25) is 5.88 Å². The molecule has 1 unspecified atom stereocenters. The van der Waals surface area contributed by atoms with Crippen LogP contribution in [0.25, 0.3) is 11.3 Å². The molecule has 0 radical (unpaired) electrons. The first kappa shape index (κ1) is 14.6. The van der Waals surface area contributed by atoms with Gasteiger partial charge in [0.15, 0.2) is 0 Å². The van der Waals surface area contributed by atoms with Gasteiger partial charge in [0.25, 0.3) is 0 Å². The fourth-order valence-corrected chi connectivity index (χ4v) is 3.55. The molecule has 5 heteroatoms. The van der Waals surface area contributed by atoms with E-state index in [-0.39, 0.29) is 11.9 Å². The number of hydrogen-bond donors (Lipinski definition) is 0. The lowest BCUT2D eigenvalue weighted by Crippen LogP contribution is -2.52. The number of benzene rings is 1. The van der Waals surface area contributed by atoms with Gasteiger partial charge < -0.3 is 4.74 Å². The molecule has 4 nitrogen and oxygen atoms in total. The Hall–Kier alpha value is -2.01. The minimum absolute atomic E-state index is 0.203. The van der Waals surface area contributed by atoms with Crippen molar-refractivity contribution in [2.24, 2.45) is 5.92 Å². The average Bonchev–Trinajstić information content (AvgIpc) is 2.57. The van der Waals surface area contributed by atoms with Gasteiger partial charge in [-0.2, -0.15) is 0 Å². The topological polar surface area (TPSA) is 38.2 Å². The SMILES string of the molecule is Cc1ccc(-c2ccc(OC3CN4CCC3CC4)nn2)c(F)c1. The Morgan fingerprint density at radius 3 is 2.57 bits per heavy atom. The van der Waals surface area contributed by atoms with E-state index in [2.05, 4.69) is 15.1 Å². The molecule has 120 valence electrons. The number of piperidine rings is 3. The van der Waals surface area contributed by atoms with E-state index in [1.165, 1.54) is 32.0 Å². The highest BCUT2D eigenvalue weighted by molar-refractivity contribution is 5.59. The fourth-order valence-electron chi connectivity index (χ4n) is 3.55. The molecule has 1 aromatic heterocycles. The molecule has 3 aliphatic heterocycles. The Kier molecular flexibility index (Phi) is 3.73. The summed E-state index contributed by atoms with van der Waals surface area (Å²) in [5, 5.41) is 8.28. The Morgan fingerprint density at radius 1 is 1.13 bits per heavy atom. The van der Waals surface area contributed by atoms with Crippen LogP contribution in [0.3, 0.4) is 0 Å². The molecule has 4 heterocycles. The van der Waals surface area contributed by atoms with Crippen LogP contribution in [0.15, 0.2) is 30.3 Å². The van der Waals surface area contributed by atoms with Crippen molar-refractivity contribution in [3.8, 4) is 17.1 Å². The maximum atomic E-state index is 14.0. The molecule has 5 rings (SSSR count). The number of aromatic nitrogens is 2. The number of halogens is 1. The number of nitrogens with zero attached hydrogens (tertiary/aromatic N) is 3. The van der Waals surface area contributed by atoms with Gasteiger partial charge in [0.1, 0.15) is 11.9 Å². The molecule has 0 saturated carbocycles. The predicted molar refractivity (Wildman–Crippen MR) is 85.7 cm³/mol. The van der Waals surface area contributed by atoms with E-state index >= 15 is 0 Å². The summed E-state index contributed by atoms with van der Waals surface area (Å²) in [5.41, 5.74) is 1.89. The zero-order valence-electron chi connectivity index (χ0n) is 13.2. The minimum atomic E-state index is -0.273. The van der Waals surface area contributed by atoms with Crippen LogP contribution < -0.4 is 4.74 Å². The Balaban J connectivity index is 1.50. The van der Waals surface area contributed by atoms with Crippen molar-refractivity contribution < 1.29 is 9.13 Å². The second kappa shape index (κ2) is 5.89. The number of aryl methyl sites for hydroxylation is 1. The fraction of sp³-hybridized carbons (Fsp3) is 0.444. The summed E-state index contributed by atoms with van der Waals surface area (Å²) in [5.74, 6) is 0.876. The van der Waals surface area contributed by atoms with Gasteiger partial charge in [-0.05, 0) is 62.5 Å². The van der Waals surface area contributed by atoms with E-state index in [1.807, 2.05) is 13.0 Å². The van der Waals surface area contributed by atoms with E-state index in [1.54, 1.807) is 18.2 Å². The third kappa shape index (κ3) is 2.93. The molecular formula is C18H20FN3O. The molecule has 0 aliphatic carbocycles. The van der Waals surface area contributed by atoms with E-state index < -0.39 is 0 Å². The minimum Gasteiger partial charge on any atom is -0.472 e. The summed E-state index contributed by atoms with van der Waals surface area (Å²) < 4.78 is 20.0. The van der Waals surface area contributed by atoms with Crippen molar-refractivity contribution >= 4 is 0 Å². The van der Waals surface area contributed by atoms with Crippen molar-refractivity contribution in [1.29, 1.82) is 0 Å². The van der Waals surface area contributed by atoms with Crippen LogP contribution in [0.4, 0.5) is 4.39 Å². The molecule has 2 aromatic rings. The van der Waals surface area contributed by atoms with Crippen LogP contribution in [0.2, 0.25) is 0 Å². The lowest BCUT2D eigenvalue weighted by Gasteiger charge is -2.44. The van der Waals surface area contributed by atoms with Crippen LogP contribution in [0.5, 0.6) is 5.88 Å². The Labute approximate surface area is 135 Å². The number of ether oxygens (including phenoxy) is 1. The summed E-state index contributed by atoms with van der Waals surface area (Å²) in [6, 6.07) is 8.69. The predicted octanol–water partition coefficient (Wildman–Crippen LogP) is 3.06. The molecular weight excluding hydrogens is 293 g/mol.